The second kappa shape index (κ2) is 5.26. The molecule has 2 aliphatic heterocycles. The summed E-state index contributed by atoms with van der Waals surface area (Å²) in [6, 6.07) is 3.60. The lowest BCUT2D eigenvalue weighted by molar-refractivity contribution is -0.154. The summed E-state index contributed by atoms with van der Waals surface area (Å²) in [5.41, 5.74) is 0.463. The second-order valence-corrected chi connectivity index (χ2v) is 5.79. The standard InChI is InChI=1S/C14H15F3N4O2/c15-14(16,17)8-23-13-5-12(19-11-3-4-18-21(11)13)20-9-1-2-10(20)7-22-6-9/h3-5,9-10H,1-2,6-8H2. The number of hydrogen-bond acceptors (Lipinski definition) is 5. The Morgan fingerprint density at radius 2 is 2.00 bits per heavy atom. The van der Waals surface area contributed by atoms with Crippen LogP contribution in [0.4, 0.5) is 19.0 Å². The molecule has 124 valence electrons. The van der Waals surface area contributed by atoms with Gasteiger partial charge in [-0.1, -0.05) is 0 Å². The molecular formula is C14H15F3N4O2. The molecule has 2 atom stereocenters. The molecule has 2 saturated heterocycles. The number of fused-ring (bicyclic) bond motifs is 3. The van der Waals surface area contributed by atoms with Crippen molar-refractivity contribution < 1.29 is 22.6 Å². The van der Waals surface area contributed by atoms with Gasteiger partial charge >= 0.3 is 6.18 Å². The first-order valence-corrected chi connectivity index (χ1v) is 7.42. The number of aromatic nitrogens is 3. The summed E-state index contributed by atoms with van der Waals surface area (Å²) >= 11 is 0. The van der Waals surface area contributed by atoms with E-state index in [9.17, 15) is 13.2 Å². The van der Waals surface area contributed by atoms with Crippen LogP contribution in [0.5, 0.6) is 5.88 Å². The predicted octanol–water partition coefficient (Wildman–Crippen LogP) is 2.04. The molecule has 2 aromatic rings. The van der Waals surface area contributed by atoms with Gasteiger partial charge in [-0.05, 0) is 12.8 Å². The Kier molecular flexibility index (Phi) is 3.33. The highest BCUT2D eigenvalue weighted by molar-refractivity contribution is 5.54. The lowest BCUT2D eigenvalue weighted by atomic mass is 10.2. The third kappa shape index (κ3) is 2.69. The first-order valence-electron chi connectivity index (χ1n) is 7.42. The first kappa shape index (κ1) is 14.6. The zero-order chi connectivity index (χ0) is 16.0. The van der Waals surface area contributed by atoms with Crippen LogP contribution in [0.3, 0.4) is 0 Å². The molecule has 4 rings (SSSR count). The normalized spacial score (nSPS) is 24.4. The van der Waals surface area contributed by atoms with Crippen molar-refractivity contribution in [1.29, 1.82) is 0 Å². The summed E-state index contributed by atoms with van der Waals surface area (Å²) < 4.78 is 49.1. The molecule has 9 heteroatoms. The molecule has 0 radical (unpaired) electrons. The minimum Gasteiger partial charge on any atom is -0.468 e. The lowest BCUT2D eigenvalue weighted by Crippen LogP contribution is -2.46. The van der Waals surface area contributed by atoms with E-state index < -0.39 is 12.8 Å². The molecule has 0 amide bonds. The Labute approximate surface area is 129 Å². The van der Waals surface area contributed by atoms with Crippen LogP contribution >= 0.6 is 0 Å². The van der Waals surface area contributed by atoms with Crippen molar-refractivity contribution in [1.82, 2.24) is 14.6 Å². The highest BCUT2D eigenvalue weighted by Crippen LogP contribution is 2.34. The van der Waals surface area contributed by atoms with Crippen molar-refractivity contribution in [2.24, 2.45) is 0 Å². The van der Waals surface area contributed by atoms with Gasteiger partial charge in [0.1, 0.15) is 5.82 Å². The Morgan fingerprint density at radius 1 is 1.26 bits per heavy atom. The predicted molar refractivity (Wildman–Crippen MR) is 74.6 cm³/mol. The first-order chi connectivity index (χ1) is 11.0. The quantitative estimate of drug-likeness (QED) is 0.863. The van der Waals surface area contributed by atoms with Gasteiger partial charge in [-0.3, -0.25) is 0 Å². The highest BCUT2D eigenvalue weighted by Gasteiger charge is 2.38. The van der Waals surface area contributed by atoms with Gasteiger partial charge in [0.2, 0.25) is 5.88 Å². The van der Waals surface area contributed by atoms with Crippen LogP contribution in [-0.2, 0) is 4.74 Å². The highest BCUT2D eigenvalue weighted by atomic mass is 19.4. The molecule has 2 aliphatic rings. The van der Waals surface area contributed by atoms with E-state index in [0.29, 0.717) is 24.7 Å². The van der Waals surface area contributed by atoms with Gasteiger partial charge in [-0.2, -0.15) is 22.8 Å². The molecule has 4 heterocycles. The molecule has 2 aromatic heterocycles. The van der Waals surface area contributed by atoms with Gasteiger partial charge < -0.3 is 14.4 Å². The van der Waals surface area contributed by atoms with Crippen LogP contribution in [0.15, 0.2) is 18.3 Å². The van der Waals surface area contributed by atoms with E-state index in [2.05, 4.69) is 15.0 Å². The van der Waals surface area contributed by atoms with Gasteiger partial charge in [0.15, 0.2) is 12.3 Å². The molecule has 0 aliphatic carbocycles. The van der Waals surface area contributed by atoms with Gasteiger partial charge in [0.25, 0.3) is 0 Å². The summed E-state index contributed by atoms with van der Waals surface area (Å²) in [6.45, 7) is -0.135. The summed E-state index contributed by atoms with van der Waals surface area (Å²) in [7, 11) is 0. The number of halogens is 3. The van der Waals surface area contributed by atoms with Gasteiger partial charge in [0.05, 0.1) is 31.5 Å². The summed E-state index contributed by atoms with van der Waals surface area (Å²) in [5.74, 6) is 0.657. The average Bonchev–Trinajstić information content (AvgIpc) is 3.06. The maximum absolute atomic E-state index is 12.5. The largest absolute Gasteiger partial charge is 0.468 e. The topological polar surface area (TPSA) is 51.9 Å². The van der Waals surface area contributed by atoms with Gasteiger partial charge in [-0.25, -0.2) is 4.98 Å². The van der Waals surface area contributed by atoms with E-state index in [1.165, 1.54) is 16.8 Å². The Bertz CT molecular complexity index is 702. The van der Waals surface area contributed by atoms with Crippen LogP contribution in [0.2, 0.25) is 0 Å². The molecule has 2 fully saturated rings. The molecule has 0 N–H and O–H groups in total. The summed E-state index contributed by atoms with van der Waals surface area (Å²) in [4.78, 5) is 6.65. The second-order valence-electron chi connectivity index (χ2n) is 5.79. The van der Waals surface area contributed by atoms with Crippen molar-refractivity contribution in [2.45, 2.75) is 31.1 Å². The maximum Gasteiger partial charge on any atom is 0.422 e. The fraction of sp³-hybridized carbons (Fsp3) is 0.571. The van der Waals surface area contributed by atoms with Crippen molar-refractivity contribution in [3.05, 3.63) is 18.3 Å². The molecule has 2 unspecified atom stereocenters. The minimum absolute atomic E-state index is 0.0400. The van der Waals surface area contributed by atoms with Crippen molar-refractivity contribution in [3.8, 4) is 5.88 Å². The fourth-order valence-electron chi connectivity index (χ4n) is 3.27. The number of alkyl halides is 3. The number of nitrogens with zero attached hydrogens (tertiary/aromatic N) is 4. The Morgan fingerprint density at radius 3 is 2.70 bits per heavy atom. The Balaban J connectivity index is 1.70. The smallest absolute Gasteiger partial charge is 0.422 e. The summed E-state index contributed by atoms with van der Waals surface area (Å²) in [6.07, 6.45) is -0.924. The van der Waals surface area contributed by atoms with Crippen molar-refractivity contribution >= 4 is 11.5 Å². The van der Waals surface area contributed by atoms with E-state index in [0.717, 1.165) is 12.8 Å². The van der Waals surface area contributed by atoms with Crippen LogP contribution in [0.25, 0.3) is 5.65 Å². The number of ether oxygens (including phenoxy) is 2. The third-order valence-electron chi connectivity index (χ3n) is 4.20. The molecule has 0 spiro atoms. The van der Waals surface area contributed by atoms with Gasteiger partial charge in [0, 0.05) is 12.1 Å². The zero-order valence-corrected chi connectivity index (χ0v) is 12.2. The summed E-state index contributed by atoms with van der Waals surface area (Å²) in [5, 5.41) is 3.98. The molecule has 2 bridgehead atoms. The number of morpholine rings is 1. The van der Waals surface area contributed by atoms with Gasteiger partial charge in [-0.15, -0.1) is 0 Å². The van der Waals surface area contributed by atoms with Crippen molar-refractivity contribution in [3.63, 3.8) is 0 Å². The lowest BCUT2D eigenvalue weighted by Gasteiger charge is -2.35. The van der Waals surface area contributed by atoms with E-state index >= 15 is 0 Å². The van der Waals surface area contributed by atoms with Crippen LogP contribution in [-0.4, -0.2) is 52.7 Å². The zero-order valence-electron chi connectivity index (χ0n) is 12.2. The van der Waals surface area contributed by atoms with Crippen LogP contribution in [0, 0.1) is 0 Å². The molecule has 6 nitrogen and oxygen atoms in total. The average molecular weight is 328 g/mol. The molecule has 0 saturated carbocycles. The molecule has 0 aromatic carbocycles. The van der Waals surface area contributed by atoms with Crippen LogP contribution in [0.1, 0.15) is 12.8 Å². The maximum atomic E-state index is 12.5. The SMILES string of the molecule is FC(F)(F)COc1cc(N2C3CCC2COC3)nc2ccnn12. The number of rotatable bonds is 3. The van der Waals surface area contributed by atoms with Crippen LogP contribution < -0.4 is 9.64 Å². The number of hydrogen-bond donors (Lipinski definition) is 0. The van der Waals surface area contributed by atoms with E-state index in [1.54, 1.807) is 6.07 Å². The Hall–Kier alpha value is -2.03. The molecule has 23 heavy (non-hydrogen) atoms. The van der Waals surface area contributed by atoms with Crippen molar-refractivity contribution in [2.75, 3.05) is 24.7 Å². The fourth-order valence-corrected chi connectivity index (χ4v) is 3.27. The van der Waals surface area contributed by atoms with E-state index in [4.69, 9.17) is 9.47 Å². The van der Waals surface area contributed by atoms with E-state index in [1.807, 2.05) is 0 Å². The third-order valence-corrected chi connectivity index (χ3v) is 4.20. The monoisotopic (exact) mass is 328 g/mol. The molecular weight excluding hydrogens is 313 g/mol. The van der Waals surface area contributed by atoms with E-state index in [-0.39, 0.29) is 18.0 Å². The minimum atomic E-state index is -4.40. The number of anilines is 1.